The summed E-state index contributed by atoms with van der Waals surface area (Å²) in [4.78, 5) is 14.1. The summed E-state index contributed by atoms with van der Waals surface area (Å²) in [5.41, 5.74) is 0.876. The Bertz CT molecular complexity index is 410. The Morgan fingerprint density at radius 2 is 2.00 bits per heavy atom. The Morgan fingerprint density at radius 3 is 2.57 bits per heavy atom. The topological polar surface area (TPSA) is 63.1 Å². The van der Waals surface area contributed by atoms with Crippen LogP contribution >= 0.6 is 0 Å². The minimum Gasteiger partial charge on any atom is -0.341 e. The van der Waals surface area contributed by atoms with Crippen LogP contribution in [0.1, 0.15) is 46.2 Å². The van der Waals surface area contributed by atoms with E-state index in [1.807, 2.05) is 11.1 Å². The Hall–Kier alpha value is -1.43. The summed E-state index contributed by atoms with van der Waals surface area (Å²) in [5, 5.41) is 11.5. The first-order valence-electron chi connectivity index (χ1n) is 7.94. The second-order valence-electron chi connectivity index (χ2n) is 5.81. The van der Waals surface area contributed by atoms with Gasteiger partial charge < -0.3 is 10.2 Å². The average molecular weight is 295 g/mol. The highest BCUT2D eigenvalue weighted by atomic mass is 16.2. The zero-order valence-electron chi connectivity index (χ0n) is 13.8. The van der Waals surface area contributed by atoms with E-state index in [9.17, 15) is 4.79 Å². The van der Waals surface area contributed by atoms with Gasteiger partial charge >= 0.3 is 0 Å². The van der Waals surface area contributed by atoms with Crippen molar-refractivity contribution in [3.8, 4) is 0 Å². The molecule has 0 spiro atoms. The minimum absolute atomic E-state index is 0.116. The first-order valence-corrected chi connectivity index (χ1v) is 7.94. The van der Waals surface area contributed by atoms with Crippen LogP contribution in [0.2, 0.25) is 0 Å². The van der Waals surface area contributed by atoms with E-state index in [-0.39, 0.29) is 12.5 Å². The average Bonchev–Trinajstić information content (AvgIpc) is 2.85. The van der Waals surface area contributed by atoms with Crippen LogP contribution < -0.4 is 5.32 Å². The molecule has 0 bridgehead atoms. The predicted molar refractivity (Wildman–Crippen MR) is 83.7 cm³/mol. The van der Waals surface area contributed by atoms with Gasteiger partial charge in [-0.3, -0.25) is 4.79 Å². The van der Waals surface area contributed by atoms with E-state index < -0.39 is 0 Å². The molecule has 21 heavy (non-hydrogen) atoms. The standard InChI is InChI=1S/C15H29N5O/c1-5-7-19(8-6-2)15(21)12-20-11-14(17-18-20)10-16-9-13(3)4/h11,13,16H,5-10,12H2,1-4H3. The van der Waals surface area contributed by atoms with Gasteiger partial charge in [-0.05, 0) is 25.3 Å². The number of nitrogens with one attached hydrogen (secondary N) is 1. The molecule has 120 valence electrons. The molecule has 0 aliphatic carbocycles. The van der Waals surface area contributed by atoms with E-state index in [1.54, 1.807) is 4.68 Å². The number of nitrogens with zero attached hydrogens (tertiary/aromatic N) is 4. The summed E-state index contributed by atoms with van der Waals surface area (Å²) in [7, 11) is 0. The number of hydrogen-bond acceptors (Lipinski definition) is 4. The Kier molecular flexibility index (Phi) is 7.97. The minimum atomic E-state index is 0.116. The molecule has 1 amide bonds. The van der Waals surface area contributed by atoms with E-state index >= 15 is 0 Å². The Balaban J connectivity index is 2.46. The lowest BCUT2D eigenvalue weighted by atomic mass is 10.2. The molecule has 0 atom stereocenters. The van der Waals surface area contributed by atoms with Crippen molar-refractivity contribution in [2.45, 2.75) is 53.6 Å². The van der Waals surface area contributed by atoms with E-state index in [0.29, 0.717) is 12.5 Å². The third-order valence-corrected chi connectivity index (χ3v) is 3.08. The van der Waals surface area contributed by atoms with Crippen LogP contribution in [0.15, 0.2) is 6.20 Å². The third kappa shape index (κ3) is 6.71. The van der Waals surface area contributed by atoms with Crippen molar-refractivity contribution >= 4 is 5.91 Å². The van der Waals surface area contributed by atoms with E-state index in [0.717, 1.165) is 38.2 Å². The molecule has 0 radical (unpaired) electrons. The molecule has 0 saturated heterocycles. The summed E-state index contributed by atoms with van der Waals surface area (Å²) < 4.78 is 1.63. The molecule has 1 heterocycles. The summed E-state index contributed by atoms with van der Waals surface area (Å²) in [6.45, 7) is 12.0. The van der Waals surface area contributed by atoms with Gasteiger partial charge in [0.05, 0.1) is 11.9 Å². The molecule has 1 rings (SSSR count). The third-order valence-electron chi connectivity index (χ3n) is 3.08. The monoisotopic (exact) mass is 295 g/mol. The molecule has 0 aliphatic heterocycles. The van der Waals surface area contributed by atoms with Crippen LogP contribution in [-0.2, 0) is 17.9 Å². The molecule has 1 aromatic rings. The van der Waals surface area contributed by atoms with Crippen LogP contribution in [0.3, 0.4) is 0 Å². The van der Waals surface area contributed by atoms with Crippen LogP contribution in [0.25, 0.3) is 0 Å². The molecule has 0 aromatic carbocycles. The lowest BCUT2D eigenvalue weighted by Crippen LogP contribution is -2.35. The van der Waals surface area contributed by atoms with Crippen molar-refractivity contribution in [3.05, 3.63) is 11.9 Å². The fourth-order valence-corrected chi connectivity index (χ4v) is 2.13. The number of rotatable bonds is 10. The zero-order chi connectivity index (χ0) is 15.7. The number of hydrogen-bond donors (Lipinski definition) is 1. The lowest BCUT2D eigenvalue weighted by molar-refractivity contribution is -0.132. The van der Waals surface area contributed by atoms with Gasteiger partial charge in [0.25, 0.3) is 0 Å². The van der Waals surface area contributed by atoms with Gasteiger partial charge in [0.15, 0.2) is 0 Å². The van der Waals surface area contributed by atoms with Crippen molar-refractivity contribution in [2.75, 3.05) is 19.6 Å². The molecule has 0 unspecified atom stereocenters. The first-order chi connectivity index (χ1) is 10.1. The summed E-state index contributed by atoms with van der Waals surface area (Å²) in [5.74, 6) is 0.726. The number of amides is 1. The molecule has 6 heteroatoms. The van der Waals surface area contributed by atoms with Crippen LogP contribution in [-0.4, -0.2) is 45.4 Å². The van der Waals surface area contributed by atoms with Crippen molar-refractivity contribution < 1.29 is 4.79 Å². The predicted octanol–water partition coefficient (Wildman–Crippen LogP) is 1.67. The maximum Gasteiger partial charge on any atom is 0.244 e. The number of carbonyl (C=O) groups is 1. The van der Waals surface area contributed by atoms with Crippen LogP contribution in [0.5, 0.6) is 0 Å². The molecular formula is C15H29N5O. The van der Waals surface area contributed by atoms with Crippen LogP contribution in [0, 0.1) is 5.92 Å². The molecule has 1 N–H and O–H groups in total. The highest BCUT2D eigenvalue weighted by Crippen LogP contribution is 1.99. The Labute approximate surface area is 127 Å². The first kappa shape index (κ1) is 17.6. The van der Waals surface area contributed by atoms with E-state index in [2.05, 4.69) is 43.3 Å². The summed E-state index contributed by atoms with van der Waals surface area (Å²) in [6, 6.07) is 0. The maximum atomic E-state index is 12.2. The van der Waals surface area contributed by atoms with Gasteiger partial charge in [-0.2, -0.15) is 0 Å². The van der Waals surface area contributed by atoms with Gasteiger partial charge in [0, 0.05) is 19.6 Å². The molecule has 1 aromatic heterocycles. The second-order valence-corrected chi connectivity index (χ2v) is 5.81. The Morgan fingerprint density at radius 1 is 1.33 bits per heavy atom. The van der Waals surface area contributed by atoms with Crippen molar-refractivity contribution in [3.63, 3.8) is 0 Å². The van der Waals surface area contributed by atoms with Gasteiger partial charge in [0.1, 0.15) is 6.54 Å². The summed E-state index contributed by atoms with van der Waals surface area (Å²) >= 11 is 0. The maximum absolute atomic E-state index is 12.2. The fourth-order valence-electron chi connectivity index (χ4n) is 2.13. The normalized spacial score (nSPS) is 11.1. The highest BCUT2D eigenvalue weighted by molar-refractivity contribution is 5.75. The molecular weight excluding hydrogens is 266 g/mol. The van der Waals surface area contributed by atoms with Gasteiger partial charge in [-0.15, -0.1) is 5.10 Å². The second kappa shape index (κ2) is 9.50. The molecule has 0 aliphatic rings. The fraction of sp³-hybridized carbons (Fsp3) is 0.800. The smallest absolute Gasteiger partial charge is 0.244 e. The van der Waals surface area contributed by atoms with Gasteiger partial charge in [-0.1, -0.05) is 32.9 Å². The highest BCUT2D eigenvalue weighted by Gasteiger charge is 2.13. The van der Waals surface area contributed by atoms with Crippen LogP contribution in [0.4, 0.5) is 0 Å². The van der Waals surface area contributed by atoms with E-state index in [4.69, 9.17) is 0 Å². The van der Waals surface area contributed by atoms with Gasteiger partial charge in [0.2, 0.25) is 5.91 Å². The van der Waals surface area contributed by atoms with Gasteiger partial charge in [-0.25, -0.2) is 4.68 Å². The summed E-state index contributed by atoms with van der Waals surface area (Å²) in [6.07, 6.45) is 3.81. The lowest BCUT2D eigenvalue weighted by Gasteiger charge is -2.21. The van der Waals surface area contributed by atoms with Crippen molar-refractivity contribution in [2.24, 2.45) is 5.92 Å². The van der Waals surface area contributed by atoms with E-state index in [1.165, 1.54) is 0 Å². The molecule has 6 nitrogen and oxygen atoms in total. The van der Waals surface area contributed by atoms with Crippen molar-refractivity contribution in [1.29, 1.82) is 0 Å². The largest absolute Gasteiger partial charge is 0.341 e. The van der Waals surface area contributed by atoms with Crippen molar-refractivity contribution in [1.82, 2.24) is 25.2 Å². The quantitative estimate of drug-likeness (QED) is 0.713. The number of aromatic nitrogens is 3. The SMILES string of the molecule is CCCN(CCC)C(=O)Cn1cc(CNCC(C)C)nn1. The number of carbonyl (C=O) groups excluding carboxylic acids is 1. The zero-order valence-corrected chi connectivity index (χ0v) is 13.8. The molecule has 0 saturated carbocycles. The molecule has 0 fully saturated rings.